The van der Waals surface area contributed by atoms with E-state index in [0.29, 0.717) is 12.8 Å². The Kier molecular flexibility index (Phi) is 7.80. The van der Waals surface area contributed by atoms with Crippen LogP contribution in [0.1, 0.15) is 26.2 Å². The van der Waals surface area contributed by atoms with Crippen LogP contribution in [0.2, 0.25) is 0 Å². The Hall–Kier alpha value is -0.360. The molecule has 20 heavy (non-hydrogen) atoms. The minimum Gasteiger partial charge on any atom is -0.481 e. The zero-order valence-corrected chi connectivity index (χ0v) is 13.8. The number of H-pyrrole nitrogens is 1. The number of carboxylic acids is 1. The second kappa shape index (κ2) is 8.82. The van der Waals surface area contributed by atoms with Crippen LogP contribution in [-0.2, 0) is 9.36 Å². The Bertz CT molecular complexity index is 452. The topological polar surface area (TPSA) is 90.4 Å². The number of nitrogens with one attached hydrogen (secondary N) is 1. The van der Waals surface area contributed by atoms with Crippen LogP contribution in [-0.4, -0.2) is 38.5 Å². The summed E-state index contributed by atoms with van der Waals surface area (Å²) >= 11 is 0. The van der Waals surface area contributed by atoms with Gasteiger partial charge in [-0.25, -0.2) is 0 Å². The molecule has 1 aromatic heterocycles. The van der Waals surface area contributed by atoms with Crippen LogP contribution in [0.3, 0.4) is 0 Å². The van der Waals surface area contributed by atoms with Crippen LogP contribution in [0.15, 0.2) is 23.4 Å². The second-order valence-corrected chi connectivity index (χ2v) is 9.81. The molecule has 0 spiro atoms. The van der Waals surface area contributed by atoms with Gasteiger partial charge in [-0.2, -0.15) is 0 Å². The van der Waals surface area contributed by atoms with Gasteiger partial charge in [-0.3, -0.25) is 9.36 Å². The molecule has 8 heteroatoms. The zero-order chi connectivity index (χ0) is 15.0. The number of hydrogen-bond donors (Lipinski definition) is 3. The predicted molar refractivity (Wildman–Crippen MR) is 84.7 cm³/mol. The van der Waals surface area contributed by atoms with Gasteiger partial charge in [-0.05, 0) is 35.8 Å². The van der Waals surface area contributed by atoms with Crippen molar-refractivity contribution in [2.45, 2.75) is 36.5 Å². The van der Waals surface area contributed by atoms with E-state index in [1.54, 1.807) is 21.6 Å². The third-order valence-electron chi connectivity index (χ3n) is 2.56. The van der Waals surface area contributed by atoms with Crippen molar-refractivity contribution in [3.8, 4) is 0 Å². The largest absolute Gasteiger partial charge is 0.481 e. The van der Waals surface area contributed by atoms with Gasteiger partial charge in [0.15, 0.2) is 0 Å². The Morgan fingerprint density at radius 2 is 2.25 bits per heavy atom. The van der Waals surface area contributed by atoms with Gasteiger partial charge in [0, 0.05) is 30.2 Å². The molecule has 1 heterocycles. The van der Waals surface area contributed by atoms with Crippen LogP contribution < -0.4 is 0 Å². The Balaban J connectivity index is 2.22. The molecule has 0 aliphatic heterocycles. The molecule has 1 rings (SSSR count). The molecule has 114 valence electrons. The summed E-state index contributed by atoms with van der Waals surface area (Å²) in [6.07, 6.45) is 3.32. The molecule has 0 saturated carbocycles. The van der Waals surface area contributed by atoms with Crippen LogP contribution in [0.4, 0.5) is 0 Å². The van der Waals surface area contributed by atoms with E-state index < -0.39 is 13.3 Å². The number of aromatic nitrogens is 1. The molecule has 1 aromatic rings. The van der Waals surface area contributed by atoms with Crippen molar-refractivity contribution in [1.29, 1.82) is 0 Å². The Morgan fingerprint density at radius 1 is 1.50 bits per heavy atom. The number of unbranched alkanes of at least 4 members (excludes halogenated alkanes) is 1. The van der Waals surface area contributed by atoms with Crippen molar-refractivity contribution in [1.82, 2.24) is 4.98 Å². The smallest absolute Gasteiger partial charge is 0.303 e. The molecule has 3 N–H and O–H groups in total. The second-order valence-electron chi connectivity index (χ2n) is 4.63. The summed E-state index contributed by atoms with van der Waals surface area (Å²) in [5.41, 5.74) is 0. The standard InChI is InChI=1S/C12H20NO4PS2/c1-10(19-20-11-5-4-7-13-11)9-18(16,17)8-3-2-6-12(14)15/h4-5,7,10,13H,2-3,6,8-9H2,1H3,(H,14,15)(H,16,17). The molecule has 0 aliphatic carbocycles. The maximum Gasteiger partial charge on any atom is 0.303 e. The molecule has 0 fully saturated rings. The van der Waals surface area contributed by atoms with E-state index in [4.69, 9.17) is 5.11 Å². The normalized spacial score (nSPS) is 15.7. The predicted octanol–water partition coefficient (Wildman–Crippen LogP) is 3.67. The van der Waals surface area contributed by atoms with Crippen molar-refractivity contribution in [2.24, 2.45) is 0 Å². The summed E-state index contributed by atoms with van der Waals surface area (Å²) in [7, 11) is -0.0289. The van der Waals surface area contributed by atoms with E-state index in [9.17, 15) is 14.3 Å². The van der Waals surface area contributed by atoms with E-state index in [1.165, 1.54) is 0 Å². The maximum atomic E-state index is 12.0. The van der Waals surface area contributed by atoms with E-state index in [1.807, 2.05) is 25.3 Å². The highest BCUT2D eigenvalue weighted by molar-refractivity contribution is 8.76. The number of rotatable bonds is 10. The first-order chi connectivity index (χ1) is 9.39. The van der Waals surface area contributed by atoms with Crippen LogP contribution in [0.5, 0.6) is 0 Å². The quantitative estimate of drug-likeness (QED) is 0.343. The average Bonchev–Trinajstić information content (AvgIpc) is 2.84. The fraction of sp³-hybridized carbons (Fsp3) is 0.583. The van der Waals surface area contributed by atoms with Crippen molar-refractivity contribution in [3.05, 3.63) is 18.3 Å². The van der Waals surface area contributed by atoms with Gasteiger partial charge in [-0.15, -0.1) is 0 Å². The lowest BCUT2D eigenvalue weighted by atomic mass is 10.2. The van der Waals surface area contributed by atoms with Gasteiger partial charge in [0.25, 0.3) is 0 Å². The summed E-state index contributed by atoms with van der Waals surface area (Å²) in [5, 5.41) is 9.60. The van der Waals surface area contributed by atoms with Gasteiger partial charge >= 0.3 is 5.97 Å². The van der Waals surface area contributed by atoms with E-state index >= 15 is 0 Å². The molecular formula is C12H20NO4PS2. The Labute approximate surface area is 126 Å². The SMILES string of the molecule is CC(CP(=O)(O)CCCCC(=O)O)SSc1ccc[nH]1. The number of hydrogen-bond acceptors (Lipinski definition) is 4. The molecule has 0 amide bonds. The van der Waals surface area contributed by atoms with Crippen LogP contribution in [0.25, 0.3) is 0 Å². The monoisotopic (exact) mass is 337 g/mol. The van der Waals surface area contributed by atoms with Gasteiger partial charge in [0.2, 0.25) is 7.37 Å². The van der Waals surface area contributed by atoms with Crippen molar-refractivity contribution in [2.75, 3.05) is 12.3 Å². The molecule has 0 saturated heterocycles. The highest BCUT2D eigenvalue weighted by Gasteiger charge is 2.22. The summed E-state index contributed by atoms with van der Waals surface area (Å²) in [4.78, 5) is 23.3. The molecule has 5 nitrogen and oxygen atoms in total. The Morgan fingerprint density at radius 3 is 2.85 bits per heavy atom. The molecule has 0 bridgehead atoms. The fourth-order valence-electron chi connectivity index (χ4n) is 1.66. The van der Waals surface area contributed by atoms with E-state index in [2.05, 4.69) is 4.98 Å². The zero-order valence-electron chi connectivity index (χ0n) is 11.3. The number of aromatic amines is 1. The first-order valence-corrected chi connectivity index (χ1v) is 10.6. The van der Waals surface area contributed by atoms with Gasteiger partial charge in [0.1, 0.15) is 0 Å². The lowest BCUT2D eigenvalue weighted by Crippen LogP contribution is -2.06. The summed E-state index contributed by atoms with van der Waals surface area (Å²) in [6.45, 7) is 1.93. The maximum absolute atomic E-state index is 12.0. The lowest BCUT2D eigenvalue weighted by molar-refractivity contribution is -0.137. The molecule has 0 aromatic carbocycles. The molecule has 0 radical (unpaired) electrons. The lowest BCUT2D eigenvalue weighted by Gasteiger charge is -2.15. The minimum atomic E-state index is -3.15. The number of carbonyl (C=O) groups is 1. The first-order valence-electron chi connectivity index (χ1n) is 6.38. The van der Waals surface area contributed by atoms with Crippen molar-refractivity contribution in [3.63, 3.8) is 0 Å². The van der Waals surface area contributed by atoms with E-state index in [-0.39, 0.29) is 24.0 Å². The van der Waals surface area contributed by atoms with Gasteiger partial charge in [-0.1, -0.05) is 17.7 Å². The van der Waals surface area contributed by atoms with Crippen LogP contribution in [0, 0.1) is 0 Å². The molecule has 2 atom stereocenters. The van der Waals surface area contributed by atoms with Gasteiger partial charge < -0.3 is 15.0 Å². The minimum absolute atomic E-state index is 0.0625. The fourth-order valence-corrected chi connectivity index (χ4v) is 6.49. The molecule has 0 aliphatic rings. The summed E-state index contributed by atoms with van der Waals surface area (Å²) < 4.78 is 12.0. The summed E-state index contributed by atoms with van der Waals surface area (Å²) in [6, 6.07) is 3.86. The van der Waals surface area contributed by atoms with Crippen LogP contribution >= 0.6 is 29.0 Å². The molecular weight excluding hydrogens is 317 g/mol. The highest BCUT2D eigenvalue weighted by atomic mass is 33.1. The third-order valence-corrected chi connectivity index (χ3v) is 7.78. The van der Waals surface area contributed by atoms with E-state index in [0.717, 1.165) is 5.03 Å². The average molecular weight is 337 g/mol. The number of aliphatic carboxylic acids is 1. The van der Waals surface area contributed by atoms with Crippen molar-refractivity contribution >= 4 is 34.9 Å². The highest BCUT2D eigenvalue weighted by Crippen LogP contribution is 2.46. The molecule has 2 unspecified atom stereocenters. The third kappa shape index (κ3) is 8.04. The van der Waals surface area contributed by atoms with Gasteiger partial charge in [0.05, 0.1) is 5.03 Å². The van der Waals surface area contributed by atoms with Crippen molar-refractivity contribution < 1.29 is 19.4 Å². The number of carboxylic acid groups (broad SMARTS) is 1. The summed E-state index contributed by atoms with van der Waals surface area (Å²) in [5.74, 6) is -0.857. The first kappa shape index (κ1) is 17.7.